The molecule has 5 rings (SSSR count). The Balaban J connectivity index is 1.28. The second kappa shape index (κ2) is 11.6. The second-order valence-corrected chi connectivity index (χ2v) is 13.3. The highest BCUT2D eigenvalue weighted by Crippen LogP contribution is 2.30. The maximum absolute atomic E-state index is 12.9. The Kier molecular flexibility index (Phi) is 8.09. The number of aromatic nitrogens is 7. The van der Waals surface area contributed by atoms with E-state index >= 15 is 0 Å². The minimum Gasteiger partial charge on any atom is -0.351 e. The molecule has 4 aromatic heterocycles. The van der Waals surface area contributed by atoms with E-state index in [2.05, 4.69) is 56.3 Å². The molecule has 14 heteroatoms. The first-order valence-electron chi connectivity index (χ1n) is 13.7. The summed E-state index contributed by atoms with van der Waals surface area (Å²) in [5, 5.41) is 11.4. The lowest BCUT2D eigenvalue weighted by Gasteiger charge is -2.31. The first-order chi connectivity index (χ1) is 19.9. The molecular weight excluding hydrogens is 554 g/mol. The second-order valence-electron chi connectivity index (χ2n) is 11.4. The molecule has 220 valence electrons. The standard InChI is InChI=1S/C28H35N11O2S/c1-19-24(8-7-22(34-19)14-32-28(2,3)4)39-16-20(13-33-39)26-23(29-5)15-30-27(36-26)35-21-9-11-38(12-10-21)42(40,41)25-17-37(6)18-31-25/h7-8,13,15-18,21,32H,9-12,14H2,1-4,6H3,(H,30,35,36). The van der Waals surface area contributed by atoms with Crippen molar-refractivity contribution < 1.29 is 8.42 Å². The van der Waals surface area contributed by atoms with Gasteiger partial charge in [-0.15, -0.1) is 0 Å². The summed E-state index contributed by atoms with van der Waals surface area (Å²) in [6.45, 7) is 17.3. The molecule has 0 atom stereocenters. The maximum atomic E-state index is 12.9. The van der Waals surface area contributed by atoms with E-state index in [0.717, 1.165) is 17.1 Å². The van der Waals surface area contributed by atoms with Gasteiger partial charge >= 0.3 is 0 Å². The van der Waals surface area contributed by atoms with Gasteiger partial charge in [0.15, 0.2) is 5.03 Å². The molecule has 0 aromatic carbocycles. The summed E-state index contributed by atoms with van der Waals surface area (Å²) < 4.78 is 30.6. The minimum absolute atomic E-state index is 0.00490. The van der Waals surface area contributed by atoms with Gasteiger partial charge in [0.05, 0.1) is 41.9 Å². The molecule has 0 amide bonds. The summed E-state index contributed by atoms with van der Waals surface area (Å²) in [7, 11) is -1.89. The highest BCUT2D eigenvalue weighted by atomic mass is 32.2. The van der Waals surface area contributed by atoms with Crippen molar-refractivity contribution in [3.8, 4) is 16.9 Å². The molecule has 13 nitrogen and oxygen atoms in total. The van der Waals surface area contributed by atoms with Crippen LogP contribution < -0.4 is 10.6 Å². The molecule has 1 aliphatic heterocycles. The van der Waals surface area contributed by atoms with E-state index in [-0.39, 0.29) is 16.6 Å². The van der Waals surface area contributed by atoms with Crippen molar-refractivity contribution in [2.24, 2.45) is 7.05 Å². The van der Waals surface area contributed by atoms with Gasteiger partial charge in [0.2, 0.25) is 11.6 Å². The number of sulfonamides is 1. The van der Waals surface area contributed by atoms with Crippen LogP contribution in [-0.4, -0.2) is 71.7 Å². The Bertz CT molecular complexity index is 1720. The number of hydrogen-bond donors (Lipinski definition) is 2. The summed E-state index contributed by atoms with van der Waals surface area (Å²) in [5.74, 6) is 0.379. The first kappa shape index (κ1) is 29.3. The van der Waals surface area contributed by atoms with Crippen LogP contribution in [-0.2, 0) is 23.6 Å². The quantitative estimate of drug-likeness (QED) is 0.296. The lowest BCUT2D eigenvalue weighted by Crippen LogP contribution is -2.42. The number of anilines is 1. The zero-order valence-electron chi connectivity index (χ0n) is 24.4. The van der Waals surface area contributed by atoms with Crippen LogP contribution in [0.2, 0.25) is 0 Å². The molecule has 1 aliphatic rings. The van der Waals surface area contributed by atoms with Crippen LogP contribution >= 0.6 is 0 Å². The molecule has 0 unspecified atom stereocenters. The number of imidazole rings is 1. The third-order valence-corrected chi connectivity index (χ3v) is 8.77. The van der Waals surface area contributed by atoms with Crippen molar-refractivity contribution in [3.05, 3.63) is 66.1 Å². The van der Waals surface area contributed by atoms with Gasteiger partial charge in [-0.1, -0.05) is 0 Å². The molecule has 0 spiro atoms. The molecule has 1 saturated heterocycles. The van der Waals surface area contributed by atoms with E-state index in [4.69, 9.17) is 11.6 Å². The molecule has 4 aromatic rings. The average Bonchev–Trinajstić information content (AvgIpc) is 3.62. The van der Waals surface area contributed by atoms with E-state index in [1.165, 1.54) is 23.0 Å². The highest BCUT2D eigenvalue weighted by molar-refractivity contribution is 7.89. The van der Waals surface area contributed by atoms with E-state index in [0.29, 0.717) is 55.4 Å². The lowest BCUT2D eigenvalue weighted by atomic mass is 10.1. The number of rotatable bonds is 8. The SMILES string of the molecule is [C-]#[N+]c1cnc(NC2CCN(S(=O)(=O)c3cn(C)cn3)CC2)nc1-c1cnn(-c2ccc(CNC(C)(C)C)nc2C)c1. The molecule has 2 N–H and O–H groups in total. The van der Waals surface area contributed by atoms with Crippen molar-refractivity contribution in [1.82, 2.24) is 43.9 Å². The zero-order chi connectivity index (χ0) is 30.1. The van der Waals surface area contributed by atoms with Gasteiger partial charge in [0, 0.05) is 62.4 Å². The van der Waals surface area contributed by atoms with Crippen LogP contribution in [0.25, 0.3) is 21.8 Å². The highest BCUT2D eigenvalue weighted by Gasteiger charge is 2.31. The normalized spacial score (nSPS) is 15.0. The van der Waals surface area contributed by atoms with Crippen molar-refractivity contribution in [3.63, 3.8) is 0 Å². The third-order valence-electron chi connectivity index (χ3n) is 6.98. The molecule has 0 radical (unpaired) electrons. The topological polar surface area (TPSA) is 140 Å². The number of nitrogens with zero attached hydrogens (tertiary/aromatic N) is 9. The Hall–Kier alpha value is -4.19. The summed E-state index contributed by atoms with van der Waals surface area (Å²) in [6, 6.07) is 3.95. The van der Waals surface area contributed by atoms with Gasteiger partial charge in [0.1, 0.15) is 0 Å². The minimum atomic E-state index is -3.63. The molecule has 5 heterocycles. The number of piperidine rings is 1. The fourth-order valence-electron chi connectivity index (χ4n) is 4.70. The number of nitrogens with one attached hydrogen (secondary N) is 2. The summed E-state index contributed by atoms with van der Waals surface area (Å²) in [4.78, 5) is 21.4. The zero-order valence-corrected chi connectivity index (χ0v) is 25.2. The van der Waals surface area contributed by atoms with Crippen LogP contribution in [0.4, 0.5) is 11.6 Å². The third kappa shape index (κ3) is 6.48. The van der Waals surface area contributed by atoms with Crippen molar-refractivity contribution in [1.29, 1.82) is 0 Å². The van der Waals surface area contributed by atoms with E-state index in [1.54, 1.807) is 22.5 Å². The molecule has 42 heavy (non-hydrogen) atoms. The Morgan fingerprint density at radius 1 is 1.10 bits per heavy atom. The van der Waals surface area contributed by atoms with Crippen LogP contribution in [0.1, 0.15) is 45.0 Å². The van der Waals surface area contributed by atoms with Gasteiger partial charge < -0.3 is 15.2 Å². The monoisotopic (exact) mass is 589 g/mol. The Morgan fingerprint density at radius 3 is 2.50 bits per heavy atom. The number of aryl methyl sites for hydroxylation is 2. The van der Waals surface area contributed by atoms with Gasteiger partial charge in [-0.2, -0.15) is 9.40 Å². The molecule has 0 saturated carbocycles. The lowest BCUT2D eigenvalue weighted by molar-refractivity contribution is 0.328. The first-order valence-corrected chi connectivity index (χ1v) is 15.1. The van der Waals surface area contributed by atoms with E-state index in [9.17, 15) is 8.42 Å². The molecular formula is C28H35N11O2S. The number of hydrogen-bond acceptors (Lipinski definition) is 9. The fraction of sp³-hybridized carbons (Fsp3) is 0.429. The Labute approximate surface area is 245 Å². The maximum Gasteiger partial charge on any atom is 0.262 e. The van der Waals surface area contributed by atoms with Crippen molar-refractivity contribution >= 4 is 21.7 Å². The molecule has 1 fully saturated rings. The number of pyridine rings is 1. The van der Waals surface area contributed by atoms with E-state index in [1.807, 2.05) is 25.3 Å². The van der Waals surface area contributed by atoms with Gasteiger partial charge in [-0.05, 0) is 52.7 Å². The van der Waals surface area contributed by atoms with E-state index < -0.39 is 10.0 Å². The predicted octanol–water partition coefficient (Wildman–Crippen LogP) is 3.47. The van der Waals surface area contributed by atoms with Crippen LogP contribution in [0.3, 0.4) is 0 Å². The fourth-order valence-corrected chi connectivity index (χ4v) is 6.13. The Morgan fingerprint density at radius 2 is 1.86 bits per heavy atom. The van der Waals surface area contributed by atoms with Crippen LogP contribution in [0, 0.1) is 13.5 Å². The van der Waals surface area contributed by atoms with Crippen LogP contribution in [0.5, 0.6) is 0 Å². The summed E-state index contributed by atoms with van der Waals surface area (Å²) in [6.07, 6.45) is 9.16. The van der Waals surface area contributed by atoms with Gasteiger partial charge in [0.25, 0.3) is 10.0 Å². The predicted molar refractivity (Wildman–Crippen MR) is 159 cm³/mol. The average molecular weight is 590 g/mol. The van der Waals surface area contributed by atoms with Crippen LogP contribution in [0.15, 0.2) is 48.3 Å². The van der Waals surface area contributed by atoms with Gasteiger partial charge in [-0.3, -0.25) is 4.98 Å². The molecule has 0 bridgehead atoms. The van der Waals surface area contributed by atoms with Gasteiger partial charge in [-0.25, -0.2) is 32.9 Å². The summed E-state index contributed by atoms with van der Waals surface area (Å²) in [5.41, 5.74) is 4.08. The smallest absolute Gasteiger partial charge is 0.262 e. The largest absolute Gasteiger partial charge is 0.351 e. The van der Waals surface area contributed by atoms with Crippen molar-refractivity contribution in [2.45, 2.75) is 63.7 Å². The molecule has 0 aliphatic carbocycles. The van der Waals surface area contributed by atoms with Crippen molar-refractivity contribution in [2.75, 3.05) is 18.4 Å². The summed E-state index contributed by atoms with van der Waals surface area (Å²) >= 11 is 0.